The topological polar surface area (TPSA) is 15.3 Å². The number of benzene rings is 2. The minimum absolute atomic E-state index is 0.0490. The Balaban J connectivity index is 1.56. The van der Waals surface area contributed by atoms with Gasteiger partial charge in [-0.3, -0.25) is 4.90 Å². The van der Waals surface area contributed by atoms with Crippen molar-refractivity contribution in [1.82, 2.24) is 4.90 Å². The van der Waals surface area contributed by atoms with Gasteiger partial charge in [0.25, 0.3) is 0 Å². The number of likely N-dealkylation sites (N-methyl/N-ethyl adjacent to an activating group) is 1. The van der Waals surface area contributed by atoms with Gasteiger partial charge in [-0.2, -0.15) is 11.3 Å². The van der Waals surface area contributed by atoms with E-state index in [1.54, 1.807) is 11.3 Å². The zero-order valence-corrected chi connectivity index (χ0v) is 20.5. The average molecular weight is 443 g/mol. The van der Waals surface area contributed by atoms with Crippen molar-refractivity contribution >= 4 is 17.0 Å². The van der Waals surface area contributed by atoms with Gasteiger partial charge in [0.15, 0.2) is 0 Å². The van der Waals surface area contributed by atoms with E-state index in [2.05, 4.69) is 121 Å². The molecule has 1 heterocycles. The highest BCUT2D eigenvalue weighted by Crippen LogP contribution is 2.23. The molecular formula is C29H34N2S. The van der Waals surface area contributed by atoms with Crippen molar-refractivity contribution in [3.63, 3.8) is 0 Å². The molecule has 1 N–H and O–H groups in total. The third kappa shape index (κ3) is 8.04. The van der Waals surface area contributed by atoms with Crippen LogP contribution >= 0.6 is 11.3 Å². The Bertz CT molecular complexity index is 1060. The van der Waals surface area contributed by atoms with Crippen LogP contribution in [0.1, 0.15) is 38.8 Å². The van der Waals surface area contributed by atoms with Crippen LogP contribution in [0, 0.1) is 17.3 Å². The molecule has 3 aromatic rings. The first-order valence-corrected chi connectivity index (χ1v) is 12.2. The minimum Gasteiger partial charge on any atom is -0.381 e. The Hall–Kier alpha value is -2.80. The first kappa shape index (κ1) is 23.9. The highest BCUT2D eigenvalue weighted by Gasteiger charge is 2.05. The van der Waals surface area contributed by atoms with Gasteiger partial charge in [0.2, 0.25) is 0 Å². The van der Waals surface area contributed by atoms with Crippen molar-refractivity contribution in [2.75, 3.05) is 18.4 Å². The minimum atomic E-state index is 0.0490. The van der Waals surface area contributed by atoms with Crippen LogP contribution in [0.5, 0.6) is 0 Å². The van der Waals surface area contributed by atoms with Gasteiger partial charge < -0.3 is 5.32 Å². The average Bonchev–Trinajstić information content (AvgIpc) is 3.31. The number of thiophene rings is 1. The second kappa shape index (κ2) is 11.7. The third-order valence-corrected chi connectivity index (χ3v) is 5.75. The summed E-state index contributed by atoms with van der Waals surface area (Å²) in [6, 6.07) is 19.7. The Morgan fingerprint density at radius 1 is 1.00 bits per heavy atom. The predicted octanol–water partition coefficient (Wildman–Crippen LogP) is 7.45. The van der Waals surface area contributed by atoms with Crippen molar-refractivity contribution in [2.45, 2.75) is 40.8 Å². The normalized spacial score (nSPS) is 11.5. The lowest BCUT2D eigenvalue weighted by Crippen LogP contribution is -2.22. The fraction of sp³-hybridized carbons (Fsp3) is 0.310. The van der Waals surface area contributed by atoms with Crippen LogP contribution in [-0.2, 0) is 13.1 Å². The monoisotopic (exact) mass is 442 g/mol. The number of hydrogen-bond donors (Lipinski definition) is 1. The van der Waals surface area contributed by atoms with Crippen molar-refractivity contribution < 1.29 is 0 Å². The molecule has 0 fully saturated rings. The van der Waals surface area contributed by atoms with E-state index < -0.39 is 0 Å². The summed E-state index contributed by atoms with van der Waals surface area (Å²) in [7, 11) is 0. The predicted molar refractivity (Wildman–Crippen MR) is 141 cm³/mol. The van der Waals surface area contributed by atoms with Gasteiger partial charge in [-0.05, 0) is 90.7 Å². The van der Waals surface area contributed by atoms with E-state index in [0.717, 1.165) is 31.9 Å². The molecule has 0 radical (unpaired) electrons. The molecule has 0 bridgehead atoms. The molecule has 166 valence electrons. The summed E-state index contributed by atoms with van der Waals surface area (Å²) in [6.45, 7) is 12.3. The smallest absolute Gasteiger partial charge is 0.0401 e. The van der Waals surface area contributed by atoms with Crippen molar-refractivity contribution in [1.29, 1.82) is 0 Å². The van der Waals surface area contributed by atoms with Crippen LogP contribution in [0.25, 0.3) is 11.1 Å². The SMILES string of the molecule is CCN(C/C=C/C#CC(C)(C)C)Cc1cccc(NCc2cccc(-c3ccsc3)c2)c1. The van der Waals surface area contributed by atoms with E-state index in [0.29, 0.717) is 0 Å². The highest BCUT2D eigenvalue weighted by atomic mass is 32.1. The lowest BCUT2D eigenvalue weighted by molar-refractivity contribution is 0.311. The molecule has 0 aliphatic heterocycles. The van der Waals surface area contributed by atoms with Crippen LogP contribution < -0.4 is 5.32 Å². The Morgan fingerprint density at radius 2 is 1.81 bits per heavy atom. The van der Waals surface area contributed by atoms with E-state index in [1.807, 2.05) is 6.08 Å². The van der Waals surface area contributed by atoms with Crippen molar-refractivity contribution in [3.05, 3.63) is 88.6 Å². The maximum atomic E-state index is 3.59. The molecule has 1 aromatic heterocycles. The lowest BCUT2D eigenvalue weighted by atomic mass is 9.98. The van der Waals surface area contributed by atoms with Crippen LogP contribution in [0.3, 0.4) is 0 Å². The summed E-state index contributed by atoms with van der Waals surface area (Å²) < 4.78 is 0. The second-order valence-corrected chi connectivity index (χ2v) is 9.80. The molecule has 3 heteroatoms. The fourth-order valence-corrected chi connectivity index (χ4v) is 4.02. The largest absolute Gasteiger partial charge is 0.381 e. The summed E-state index contributed by atoms with van der Waals surface area (Å²) in [5.41, 5.74) is 6.38. The molecule has 0 saturated heterocycles. The second-order valence-electron chi connectivity index (χ2n) is 9.02. The van der Waals surface area contributed by atoms with Gasteiger partial charge in [0.05, 0.1) is 0 Å². The maximum absolute atomic E-state index is 3.59. The number of nitrogens with one attached hydrogen (secondary N) is 1. The molecule has 0 amide bonds. The van der Waals surface area contributed by atoms with Crippen LogP contribution in [0.15, 0.2) is 77.5 Å². The number of anilines is 1. The number of rotatable bonds is 9. The van der Waals surface area contributed by atoms with Gasteiger partial charge in [-0.1, -0.05) is 55.2 Å². The Morgan fingerprint density at radius 3 is 2.56 bits per heavy atom. The van der Waals surface area contributed by atoms with Gasteiger partial charge in [-0.15, -0.1) is 0 Å². The highest BCUT2D eigenvalue weighted by molar-refractivity contribution is 7.08. The molecule has 32 heavy (non-hydrogen) atoms. The number of allylic oxidation sites excluding steroid dienone is 1. The summed E-state index contributed by atoms with van der Waals surface area (Å²) in [5, 5.41) is 7.91. The Labute approximate surface area is 198 Å². The Kier molecular flexibility index (Phi) is 8.73. The zero-order valence-electron chi connectivity index (χ0n) is 19.7. The van der Waals surface area contributed by atoms with Gasteiger partial charge in [-0.25, -0.2) is 0 Å². The van der Waals surface area contributed by atoms with E-state index in [4.69, 9.17) is 0 Å². The fourth-order valence-electron chi connectivity index (χ4n) is 3.36. The zero-order chi connectivity index (χ0) is 22.8. The molecule has 0 aliphatic rings. The van der Waals surface area contributed by atoms with Gasteiger partial charge >= 0.3 is 0 Å². The van der Waals surface area contributed by atoms with E-state index in [-0.39, 0.29) is 5.41 Å². The molecule has 0 saturated carbocycles. The first-order valence-electron chi connectivity index (χ1n) is 11.3. The summed E-state index contributed by atoms with van der Waals surface area (Å²) in [4.78, 5) is 2.42. The van der Waals surface area contributed by atoms with Gasteiger partial charge in [0.1, 0.15) is 0 Å². The molecule has 0 unspecified atom stereocenters. The quantitative estimate of drug-likeness (QED) is 0.346. The first-order chi connectivity index (χ1) is 15.4. The molecule has 0 spiro atoms. The van der Waals surface area contributed by atoms with Crippen molar-refractivity contribution in [2.24, 2.45) is 5.41 Å². The van der Waals surface area contributed by atoms with Crippen molar-refractivity contribution in [3.8, 4) is 23.0 Å². The van der Waals surface area contributed by atoms with E-state index in [9.17, 15) is 0 Å². The maximum Gasteiger partial charge on any atom is 0.0401 e. The number of hydrogen-bond acceptors (Lipinski definition) is 3. The molecular weight excluding hydrogens is 408 g/mol. The standard InChI is InChI=1S/C29H34N2S/c1-5-31(17-8-6-7-16-29(2,3)4)22-25-12-10-14-28(20-25)30-21-24-11-9-13-26(19-24)27-15-18-32-23-27/h6,8-15,18-20,23,30H,5,17,21-22H2,1-4H3/b8-6+. The van der Waals surface area contributed by atoms with Crippen LogP contribution in [0.2, 0.25) is 0 Å². The third-order valence-electron chi connectivity index (χ3n) is 5.07. The van der Waals surface area contributed by atoms with Crippen LogP contribution in [-0.4, -0.2) is 18.0 Å². The molecule has 3 rings (SSSR count). The van der Waals surface area contributed by atoms with Crippen LogP contribution in [0.4, 0.5) is 5.69 Å². The molecule has 0 atom stereocenters. The van der Waals surface area contributed by atoms with Gasteiger partial charge in [0, 0.05) is 30.7 Å². The lowest BCUT2D eigenvalue weighted by Gasteiger charge is -2.19. The van der Waals surface area contributed by atoms with E-state index in [1.165, 1.54) is 22.3 Å². The number of nitrogens with zero attached hydrogens (tertiary/aromatic N) is 1. The van der Waals surface area contributed by atoms with E-state index >= 15 is 0 Å². The summed E-state index contributed by atoms with van der Waals surface area (Å²) >= 11 is 1.74. The summed E-state index contributed by atoms with van der Waals surface area (Å²) in [6.07, 6.45) is 4.14. The molecule has 2 nitrogen and oxygen atoms in total. The molecule has 0 aliphatic carbocycles. The molecule has 2 aromatic carbocycles. The summed E-state index contributed by atoms with van der Waals surface area (Å²) in [5.74, 6) is 6.40.